The van der Waals surface area contributed by atoms with Crippen molar-refractivity contribution in [2.45, 2.75) is 6.92 Å². The van der Waals surface area contributed by atoms with Gasteiger partial charge in [-0.3, -0.25) is 0 Å². The van der Waals surface area contributed by atoms with E-state index < -0.39 is 0 Å². The van der Waals surface area contributed by atoms with Gasteiger partial charge in [0.2, 0.25) is 0 Å². The van der Waals surface area contributed by atoms with Crippen molar-refractivity contribution in [1.29, 1.82) is 0 Å². The van der Waals surface area contributed by atoms with Gasteiger partial charge in [0, 0.05) is 6.20 Å². The third kappa shape index (κ3) is 3.15. The molecule has 1 heterocycles. The van der Waals surface area contributed by atoms with Crippen LogP contribution in [-0.2, 0) is 0 Å². The molecule has 0 radical (unpaired) electrons. The number of nitrogens with zero attached hydrogens (tertiary/aromatic N) is 1. The Labute approximate surface area is 137 Å². The minimum absolute atomic E-state index is 0.259. The lowest BCUT2D eigenvalue weighted by Gasteiger charge is -2.14. The smallest absolute Gasteiger partial charge is 0.140 e. The summed E-state index contributed by atoms with van der Waals surface area (Å²) in [7, 11) is 0. The first kappa shape index (κ1) is 15.3. The number of hydrogen-bond acceptors (Lipinski definition) is 3. The van der Waals surface area contributed by atoms with Crippen molar-refractivity contribution in [3.05, 3.63) is 50.6 Å². The van der Waals surface area contributed by atoms with Crippen LogP contribution >= 0.6 is 47.0 Å². The Hall–Kier alpha value is -1.07. The van der Waals surface area contributed by atoms with Crippen LogP contribution in [0.3, 0.4) is 0 Å². The van der Waals surface area contributed by atoms with Crippen molar-refractivity contribution in [1.82, 2.24) is 4.98 Å². The van der Waals surface area contributed by atoms with Gasteiger partial charge in [-0.05, 0) is 30.7 Å². The molecule has 0 bridgehead atoms. The van der Waals surface area contributed by atoms with Crippen molar-refractivity contribution in [3.63, 3.8) is 0 Å². The number of nitrogens with two attached hydrogens (primary N) is 1. The van der Waals surface area contributed by atoms with Gasteiger partial charge in [0.1, 0.15) is 10.8 Å². The van der Waals surface area contributed by atoms with Crippen molar-refractivity contribution in [2.24, 2.45) is 5.73 Å². The number of halogens is 3. The van der Waals surface area contributed by atoms with Gasteiger partial charge in [0.05, 0.1) is 26.3 Å². The standard InChI is InChI=1S/C13H10Cl3N3S/c1-6-2-3-18-13(11(6)12(17)20)19-10-5-8(15)7(14)4-9(10)16/h2-5H,1H3,(H2,17,20)(H,18,19). The Balaban J connectivity index is 2.48. The van der Waals surface area contributed by atoms with Crippen LogP contribution in [0.1, 0.15) is 11.1 Å². The van der Waals surface area contributed by atoms with E-state index in [-0.39, 0.29) is 4.99 Å². The number of pyridine rings is 1. The molecule has 3 N–H and O–H groups in total. The number of benzene rings is 1. The molecule has 0 aliphatic rings. The van der Waals surface area contributed by atoms with Crippen LogP contribution in [0.15, 0.2) is 24.4 Å². The molecule has 3 nitrogen and oxygen atoms in total. The van der Waals surface area contributed by atoms with E-state index in [1.54, 1.807) is 18.3 Å². The fourth-order valence-electron chi connectivity index (χ4n) is 1.71. The molecule has 20 heavy (non-hydrogen) atoms. The minimum Gasteiger partial charge on any atom is -0.389 e. The maximum absolute atomic E-state index is 6.13. The Morgan fingerprint density at radius 1 is 1.20 bits per heavy atom. The van der Waals surface area contributed by atoms with Crippen LogP contribution in [0.25, 0.3) is 0 Å². The SMILES string of the molecule is Cc1ccnc(Nc2cc(Cl)c(Cl)cc2Cl)c1C(N)=S. The lowest BCUT2D eigenvalue weighted by atomic mass is 10.1. The van der Waals surface area contributed by atoms with E-state index in [9.17, 15) is 0 Å². The van der Waals surface area contributed by atoms with Crippen LogP contribution < -0.4 is 11.1 Å². The lowest BCUT2D eigenvalue weighted by molar-refractivity contribution is 1.26. The molecule has 0 fully saturated rings. The van der Waals surface area contributed by atoms with Gasteiger partial charge >= 0.3 is 0 Å². The van der Waals surface area contributed by atoms with Crippen molar-refractivity contribution in [2.75, 3.05) is 5.32 Å². The largest absolute Gasteiger partial charge is 0.389 e. The van der Waals surface area contributed by atoms with Gasteiger partial charge in [-0.1, -0.05) is 47.0 Å². The average Bonchev–Trinajstić information content (AvgIpc) is 2.35. The number of anilines is 2. The van der Waals surface area contributed by atoms with E-state index in [1.165, 1.54) is 0 Å². The highest BCUT2D eigenvalue weighted by Crippen LogP contribution is 2.34. The number of thiocarbonyl (C=S) groups is 1. The maximum Gasteiger partial charge on any atom is 0.140 e. The summed E-state index contributed by atoms with van der Waals surface area (Å²) in [6.07, 6.45) is 1.66. The molecule has 2 rings (SSSR count). The molecule has 104 valence electrons. The summed E-state index contributed by atoms with van der Waals surface area (Å²) in [5.41, 5.74) is 7.91. The Morgan fingerprint density at radius 2 is 1.85 bits per heavy atom. The summed E-state index contributed by atoms with van der Waals surface area (Å²) < 4.78 is 0. The van der Waals surface area contributed by atoms with E-state index in [2.05, 4.69) is 10.3 Å². The van der Waals surface area contributed by atoms with Crippen LogP contribution in [0.5, 0.6) is 0 Å². The molecular weight excluding hydrogens is 337 g/mol. The van der Waals surface area contributed by atoms with Gasteiger partial charge in [-0.25, -0.2) is 4.98 Å². The summed E-state index contributed by atoms with van der Waals surface area (Å²) in [6, 6.07) is 5.01. The third-order valence-corrected chi connectivity index (χ3v) is 3.91. The zero-order chi connectivity index (χ0) is 14.9. The zero-order valence-electron chi connectivity index (χ0n) is 10.4. The van der Waals surface area contributed by atoms with E-state index in [1.807, 2.05) is 13.0 Å². The Kier molecular flexibility index (Phi) is 4.70. The van der Waals surface area contributed by atoms with E-state index in [4.69, 9.17) is 52.8 Å². The number of nitrogens with one attached hydrogen (secondary N) is 1. The second-order valence-corrected chi connectivity index (χ2v) is 5.75. The topological polar surface area (TPSA) is 50.9 Å². The van der Waals surface area contributed by atoms with E-state index >= 15 is 0 Å². The molecule has 2 aromatic rings. The molecule has 0 atom stereocenters. The van der Waals surface area contributed by atoms with Crippen molar-refractivity contribution in [3.8, 4) is 0 Å². The molecule has 1 aromatic carbocycles. The summed E-state index contributed by atoms with van der Waals surface area (Å²) >= 11 is 23.1. The molecule has 0 spiro atoms. The predicted molar refractivity (Wildman–Crippen MR) is 89.6 cm³/mol. The maximum atomic E-state index is 6.13. The number of rotatable bonds is 3. The van der Waals surface area contributed by atoms with Crippen LogP contribution in [0.2, 0.25) is 15.1 Å². The second kappa shape index (κ2) is 6.14. The quantitative estimate of drug-likeness (QED) is 0.623. The predicted octanol–water partition coefficient (Wildman–Crippen LogP) is 4.73. The zero-order valence-corrected chi connectivity index (χ0v) is 13.5. The number of aromatic nitrogens is 1. The van der Waals surface area contributed by atoms with Crippen LogP contribution in [0, 0.1) is 6.92 Å². The number of aryl methyl sites for hydroxylation is 1. The van der Waals surface area contributed by atoms with Crippen molar-refractivity contribution < 1.29 is 0 Å². The summed E-state index contributed by atoms with van der Waals surface area (Å²) in [6.45, 7) is 1.90. The molecule has 0 saturated carbocycles. The highest BCUT2D eigenvalue weighted by Gasteiger charge is 2.12. The minimum atomic E-state index is 0.259. The molecule has 0 aliphatic carbocycles. The van der Waals surface area contributed by atoms with Crippen molar-refractivity contribution >= 4 is 63.5 Å². The molecule has 7 heteroatoms. The van der Waals surface area contributed by atoms with E-state index in [0.29, 0.717) is 32.1 Å². The number of hydrogen-bond donors (Lipinski definition) is 2. The molecule has 1 aromatic heterocycles. The Bertz CT molecular complexity index is 689. The molecule has 0 saturated heterocycles. The monoisotopic (exact) mass is 345 g/mol. The first-order valence-corrected chi connectivity index (χ1v) is 7.11. The van der Waals surface area contributed by atoms with Gasteiger partial charge in [0.25, 0.3) is 0 Å². The van der Waals surface area contributed by atoms with Gasteiger partial charge in [-0.15, -0.1) is 0 Å². The van der Waals surface area contributed by atoms with Crippen LogP contribution in [-0.4, -0.2) is 9.97 Å². The third-order valence-electron chi connectivity index (χ3n) is 2.67. The molecule has 0 amide bonds. The fraction of sp³-hybridized carbons (Fsp3) is 0.0769. The molecule has 0 unspecified atom stereocenters. The van der Waals surface area contributed by atoms with Crippen LogP contribution in [0.4, 0.5) is 11.5 Å². The van der Waals surface area contributed by atoms with Gasteiger partial charge < -0.3 is 11.1 Å². The lowest BCUT2D eigenvalue weighted by Crippen LogP contribution is -2.14. The highest BCUT2D eigenvalue weighted by atomic mass is 35.5. The van der Waals surface area contributed by atoms with E-state index in [0.717, 1.165) is 5.56 Å². The van der Waals surface area contributed by atoms with Gasteiger partial charge in [0.15, 0.2) is 0 Å². The first-order chi connectivity index (χ1) is 9.40. The summed E-state index contributed by atoms with van der Waals surface area (Å²) in [5, 5.41) is 4.28. The summed E-state index contributed by atoms with van der Waals surface area (Å²) in [5.74, 6) is 0.526. The fourth-order valence-corrected chi connectivity index (χ4v) is 2.56. The first-order valence-electron chi connectivity index (χ1n) is 5.57. The average molecular weight is 347 g/mol. The van der Waals surface area contributed by atoms with Gasteiger partial charge in [-0.2, -0.15) is 0 Å². The summed E-state index contributed by atoms with van der Waals surface area (Å²) in [4.78, 5) is 4.49. The normalized spacial score (nSPS) is 10.4. The highest BCUT2D eigenvalue weighted by molar-refractivity contribution is 7.80. The molecular formula is C13H10Cl3N3S. The second-order valence-electron chi connectivity index (χ2n) is 4.09. The Morgan fingerprint density at radius 3 is 2.50 bits per heavy atom. The molecule has 0 aliphatic heterocycles.